The highest BCUT2D eigenvalue weighted by atomic mass is 127. The van der Waals surface area contributed by atoms with Crippen LogP contribution >= 0.6 is 24.0 Å². The average Bonchev–Trinajstić information content (AvgIpc) is 3.05. The first kappa shape index (κ1) is 18.2. The van der Waals surface area contributed by atoms with Crippen molar-refractivity contribution in [3.05, 3.63) is 17.0 Å². The minimum absolute atomic E-state index is 0. The Morgan fingerprint density at radius 1 is 1.38 bits per heavy atom. The number of ether oxygens (including phenoxy) is 1. The van der Waals surface area contributed by atoms with E-state index in [1.54, 1.807) is 0 Å². The van der Waals surface area contributed by atoms with Gasteiger partial charge in [0, 0.05) is 25.3 Å². The molecular formula is C14H25IN4O2. The maximum atomic E-state index is 5.60. The maximum absolute atomic E-state index is 5.60. The minimum atomic E-state index is 0. The van der Waals surface area contributed by atoms with E-state index >= 15 is 0 Å². The molecule has 0 aromatic carbocycles. The zero-order valence-electron chi connectivity index (χ0n) is 12.9. The van der Waals surface area contributed by atoms with Crippen LogP contribution in [0.5, 0.6) is 0 Å². The third-order valence-electron chi connectivity index (χ3n) is 3.44. The van der Waals surface area contributed by atoms with Crippen molar-refractivity contribution in [2.75, 3.05) is 19.7 Å². The lowest BCUT2D eigenvalue weighted by Crippen LogP contribution is -2.41. The van der Waals surface area contributed by atoms with E-state index in [1.807, 2.05) is 13.8 Å². The van der Waals surface area contributed by atoms with E-state index in [0.717, 1.165) is 55.5 Å². The van der Waals surface area contributed by atoms with Crippen molar-refractivity contribution in [2.24, 2.45) is 4.99 Å². The van der Waals surface area contributed by atoms with Crippen molar-refractivity contribution >= 4 is 29.9 Å². The summed E-state index contributed by atoms with van der Waals surface area (Å²) >= 11 is 0. The zero-order valence-corrected chi connectivity index (χ0v) is 15.3. The lowest BCUT2D eigenvalue weighted by atomic mass is 10.2. The lowest BCUT2D eigenvalue weighted by Gasteiger charge is -2.14. The molecule has 7 heteroatoms. The van der Waals surface area contributed by atoms with Gasteiger partial charge in [0.15, 0.2) is 5.96 Å². The van der Waals surface area contributed by atoms with E-state index in [2.05, 4.69) is 27.7 Å². The van der Waals surface area contributed by atoms with E-state index in [9.17, 15) is 0 Å². The van der Waals surface area contributed by atoms with Gasteiger partial charge in [-0.25, -0.2) is 4.99 Å². The fourth-order valence-corrected chi connectivity index (χ4v) is 2.24. The first-order valence-electron chi connectivity index (χ1n) is 7.26. The van der Waals surface area contributed by atoms with Crippen LogP contribution in [0.3, 0.4) is 0 Å². The molecule has 2 rings (SSSR count). The zero-order chi connectivity index (χ0) is 14.4. The second kappa shape index (κ2) is 9.24. The minimum Gasteiger partial charge on any atom is -0.376 e. The van der Waals surface area contributed by atoms with Gasteiger partial charge in [-0.3, -0.25) is 0 Å². The van der Waals surface area contributed by atoms with Gasteiger partial charge >= 0.3 is 0 Å². The molecule has 2 N–H and O–H groups in total. The predicted molar refractivity (Wildman–Crippen MR) is 93.2 cm³/mol. The Kier molecular flexibility index (Phi) is 8.02. The van der Waals surface area contributed by atoms with Crippen LogP contribution in [0.2, 0.25) is 0 Å². The largest absolute Gasteiger partial charge is 0.376 e. The van der Waals surface area contributed by atoms with Gasteiger partial charge in [-0.2, -0.15) is 0 Å². The summed E-state index contributed by atoms with van der Waals surface area (Å²) in [4.78, 5) is 4.58. The molecule has 1 saturated heterocycles. The Bertz CT molecular complexity index is 436. The predicted octanol–water partition coefficient (Wildman–Crippen LogP) is 2.14. The van der Waals surface area contributed by atoms with E-state index in [1.165, 1.54) is 0 Å². The van der Waals surface area contributed by atoms with Crippen LogP contribution < -0.4 is 10.6 Å². The normalized spacial score (nSPS) is 18.4. The number of aromatic nitrogens is 1. The Hall–Kier alpha value is -0.830. The number of guanidine groups is 1. The Morgan fingerprint density at radius 2 is 2.19 bits per heavy atom. The van der Waals surface area contributed by atoms with Crippen LogP contribution in [0.1, 0.15) is 36.8 Å². The molecule has 1 aromatic rings. The highest BCUT2D eigenvalue weighted by Crippen LogP contribution is 2.13. The number of hydrogen-bond donors (Lipinski definition) is 2. The number of rotatable bonds is 5. The Labute approximate surface area is 143 Å². The second-order valence-corrected chi connectivity index (χ2v) is 5.01. The summed E-state index contributed by atoms with van der Waals surface area (Å²) in [7, 11) is 0. The molecule has 0 saturated carbocycles. The van der Waals surface area contributed by atoms with E-state index < -0.39 is 0 Å². The quantitative estimate of drug-likeness (QED) is 0.444. The van der Waals surface area contributed by atoms with Crippen LogP contribution in [0.4, 0.5) is 0 Å². The first-order valence-corrected chi connectivity index (χ1v) is 7.26. The third kappa shape index (κ3) is 5.46. The highest BCUT2D eigenvalue weighted by Gasteiger charge is 2.15. The fraction of sp³-hybridized carbons (Fsp3) is 0.714. The molecule has 1 aliphatic rings. The fourth-order valence-electron chi connectivity index (χ4n) is 2.24. The molecule has 0 amide bonds. The number of aryl methyl sites for hydroxylation is 2. The van der Waals surface area contributed by atoms with Crippen molar-refractivity contribution in [1.29, 1.82) is 0 Å². The average molecular weight is 408 g/mol. The molecule has 0 radical (unpaired) electrons. The van der Waals surface area contributed by atoms with Gasteiger partial charge < -0.3 is 19.9 Å². The molecule has 0 spiro atoms. The summed E-state index contributed by atoms with van der Waals surface area (Å²) in [6, 6.07) is 0. The number of nitrogens with one attached hydrogen (secondary N) is 2. The number of aliphatic imine (C=N–C) groups is 1. The molecule has 1 fully saturated rings. The number of nitrogens with zero attached hydrogens (tertiary/aromatic N) is 2. The monoisotopic (exact) mass is 408 g/mol. The Balaban J connectivity index is 0.00000220. The van der Waals surface area contributed by atoms with Crippen molar-refractivity contribution < 1.29 is 9.26 Å². The van der Waals surface area contributed by atoms with Crippen LogP contribution in [0.15, 0.2) is 9.52 Å². The SMILES string of the molecule is CCNC(=NCc1c(C)noc1C)NCC1CCCO1.I. The third-order valence-corrected chi connectivity index (χ3v) is 3.44. The molecule has 1 unspecified atom stereocenters. The van der Waals surface area contributed by atoms with Crippen LogP contribution in [0.25, 0.3) is 0 Å². The summed E-state index contributed by atoms with van der Waals surface area (Å²) in [6.07, 6.45) is 2.58. The molecule has 1 aromatic heterocycles. The van der Waals surface area contributed by atoms with Gasteiger partial charge in [-0.1, -0.05) is 5.16 Å². The standard InChI is InChI=1S/C14H24N4O2.HI/c1-4-15-14(16-8-12-6-5-7-19-12)17-9-13-10(2)18-20-11(13)3;/h12H,4-9H2,1-3H3,(H2,15,16,17);1H. The number of hydrogen-bond acceptors (Lipinski definition) is 4. The van der Waals surface area contributed by atoms with Crippen molar-refractivity contribution in [3.8, 4) is 0 Å². The lowest BCUT2D eigenvalue weighted by molar-refractivity contribution is 0.114. The van der Waals surface area contributed by atoms with Crippen LogP contribution in [0, 0.1) is 13.8 Å². The van der Waals surface area contributed by atoms with Crippen molar-refractivity contribution in [1.82, 2.24) is 15.8 Å². The Morgan fingerprint density at radius 3 is 2.76 bits per heavy atom. The van der Waals surface area contributed by atoms with Crippen molar-refractivity contribution in [3.63, 3.8) is 0 Å². The van der Waals surface area contributed by atoms with Crippen molar-refractivity contribution in [2.45, 2.75) is 46.3 Å². The van der Waals surface area contributed by atoms with Crippen LogP contribution in [-0.4, -0.2) is 36.9 Å². The van der Waals surface area contributed by atoms with Gasteiger partial charge in [0.05, 0.1) is 18.3 Å². The smallest absolute Gasteiger partial charge is 0.191 e. The summed E-state index contributed by atoms with van der Waals surface area (Å²) in [5, 5.41) is 10.5. The number of halogens is 1. The molecule has 1 atom stereocenters. The maximum Gasteiger partial charge on any atom is 0.191 e. The summed E-state index contributed by atoms with van der Waals surface area (Å²) in [5.74, 6) is 1.64. The molecule has 21 heavy (non-hydrogen) atoms. The van der Waals surface area contributed by atoms with Crippen LogP contribution in [-0.2, 0) is 11.3 Å². The van der Waals surface area contributed by atoms with E-state index in [-0.39, 0.29) is 24.0 Å². The van der Waals surface area contributed by atoms with E-state index in [4.69, 9.17) is 9.26 Å². The molecule has 2 heterocycles. The summed E-state index contributed by atoms with van der Waals surface area (Å²) in [5.41, 5.74) is 1.96. The van der Waals surface area contributed by atoms with E-state index in [0.29, 0.717) is 12.6 Å². The van der Waals surface area contributed by atoms with Gasteiger partial charge in [-0.05, 0) is 33.6 Å². The highest BCUT2D eigenvalue weighted by molar-refractivity contribution is 14.0. The van der Waals surface area contributed by atoms with Gasteiger partial charge in [0.1, 0.15) is 5.76 Å². The summed E-state index contributed by atoms with van der Waals surface area (Å²) in [6.45, 7) is 8.98. The van der Waals surface area contributed by atoms with Gasteiger partial charge in [-0.15, -0.1) is 24.0 Å². The van der Waals surface area contributed by atoms with Gasteiger partial charge in [0.25, 0.3) is 0 Å². The molecule has 6 nitrogen and oxygen atoms in total. The molecule has 0 bridgehead atoms. The molecule has 120 valence electrons. The molecule has 0 aliphatic carbocycles. The first-order chi connectivity index (χ1) is 9.70. The topological polar surface area (TPSA) is 71.7 Å². The second-order valence-electron chi connectivity index (χ2n) is 5.01. The van der Waals surface area contributed by atoms with Gasteiger partial charge in [0.2, 0.25) is 0 Å². The molecule has 1 aliphatic heterocycles. The summed E-state index contributed by atoms with van der Waals surface area (Å²) < 4.78 is 10.7. The molecular weight excluding hydrogens is 383 g/mol.